The fourth-order valence-electron chi connectivity index (χ4n) is 1.38. The Bertz CT molecular complexity index is 97.2. The summed E-state index contributed by atoms with van der Waals surface area (Å²) in [6, 6.07) is 0. The van der Waals surface area contributed by atoms with Crippen molar-refractivity contribution < 1.29 is 0 Å². The number of hydrogen-bond acceptors (Lipinski definition) is 0. The van der Waals surface area contributed by atoms with Crippen LogP contribution in [0.25, 0.3) is 0 Å². The molecule has 0 saturated heterocycles. The molecule has 12 heavy (non-hydrogen) atoms. The van der Waals surface area contributed by atoms with E-state index in [4.69, 9.17) is 11.6 Å². The maximum absolute atomic E-state index is 5.88. The Hall–Kier alpha value is 0.290. The third-order valence-electron chi connectivity index (χ3n) is 2.50. The van der Waals surface area contributed by atoms with Crippen molar-refractivity contribution in [1.82, 2.24) is 0 Å². The van der Waals surface area contributed by atoms with Gasteiger partial charge in [0.05, 0.1) is 0 Å². The van der Waals surface area contributed by atoms with Gasteiger partial charge in [0.25, 0.3) is 0 Å². The Morgan fingerprint density at radius 2 is 1.58 bits per heavy atom. The van der Waals surface area contributed by atoms with E-state index in [2.05, 4.69) is 27.7 Å². The van der Waals surface area contributed by atoms with Crippen LogP contribution < -0.4 is 0 Å². The van der Waals surface area contributed by atoms with Crippen LogP contribution in [0.2, 0.25) is 0 Å². The van der Waals surface area contributed by atoms with Gasteiger partial charge in [0.2, 0.25) is 0 Å². The predicted octanol–water partition coefficient (Wildman–Crippen LogP) is 4.32. The molecule has 0 aliphatic carbocycles. The van der Waals surface area contributed by atoms with Gasteiger partial charge >= 0.3 is 0 Å². The maximum atomic E-state index is 5.88. The molecule has 0 rings (SSSR count). The highest BCUT2D eigenvalue weighted by molar-refractivity contribution is 6.18. The molecular weight excluding hydrogens is 168 g/mol. The lowest BCUT2D eigenvalue weighted by molar-refractivity contribution is 0.370. The average Bonchev–Trinajstić information content (AvgIpc) is 1.96. The van der Waals surface area contributed by atoms with E-state index < -0.39 is 0 Å². The smallest absolute Gasteiger partial charge is 0.0254 e. The molecule has 0 bridgehead atoms. The van der Waals surface area contributed by atoms with Crippen molar-refractivity contribution in [1.29, 1.82) is 0 Å². The summed E-state index contributed by atoms with van der Waals surface area (Å²) in [7, 11) is 0. The molecule has 0 heterocycles. The van der Waals surface area contributed by atoms with Crippen LogP contribution in [0.15, 0.2) is 0 Å². The first kappa shape index (κ1) is 12.3. The lowest BCUT2D eigenvalue weighted by atomic mass is 9.91. The summed E-state index contributed by atoms with van der Waals surface area (Å²) in [6.45, 7) is 9.10. The minimum absolute atomic E-state index is 0.727. The molecule has 0 saturated carbocycles. The molecule has 0 spiro atoms. The second-order valence-corrected chi connectivity index (χ2v) is 4.79. The topological polar surface area (TPSA) is 0 Å². The Labute approximate surface area is 82.7 Å². The van der Waals surface area contributed by atoms with Crippen LogP contribution in [0.4, 0.5) is 0 Å². The summed E-state index contributed by atoms with van der Waals surface area (Å²) in [6.07, 6.45) is 3.99. The maximum Gasteiger partial charge on any atom is 0.0254 e. The molecule has 0 radical (unpaired) electrons. The van der Waals surface area contributed by atoms with Crippen LogP contribution in [0.1, 0.15) is 47.0 Å². The normalized spacial score (nSPS) is 14.2. The lowest BCUT2D eigenvalue weighted by Crippen LogP contribution is -2.10. The monoisotopic (exact) mass is 190 g/mol. The van der Waals surface area contributed by atoms with Crippen molar-refractivity contribution in [2.24, 2.45) is 17.8 Å². The van der Waals surface area contributed by atoms with E-state index >= 15 is 0 Å². The zero-order valence-corrected chi connectivity index (χ0v) is 9.69. The summed E-state index contributed by atoms with van der Waals surface area (Å²) >= 11 is 5.88. The van der Waals surface area contributed by atoms with Gasteiger partial charge in [0, 0.05) is 5.88 Å². The van der Waals surface area contributed by atoms with Crippen molar-refractivity contribution in [2.75, 3.05) is 5.88 Å². The third kappa shape index (κ3) is 5.88. The molecular formula is C11H23Cl. The number of alkyl halides is 1. The molecule has 0 N–H and O–H groups in total. The highest BCUT2D eigenvalue weighted by Crippen LogP contribution is 2.20. The average molecular weight is 191 g/mol. The van der Waals surface area contributed by atoms with E-state index in [0.717, 1.165) is 23.6 Å². The molecule has 1 heteroatoms. The largest absolute Gasteiger partial charge is 0.126 e. The van der Waals surface area contributed by atoms with Crippen molar-refractivity contribution in [3.63, 3.8) is 0 Å². The van der Waals surface area contributed by atoms with Gasteiger partial charge in [-0.25, -0.2) is 0 Å². The minimum atomic E-state index is 0.727. The predicted molar refractivity (Wildman–Crippen MR) is 57.7 cm³/mol. The molecule has 0 aromatic heterocycles. The highest BCUT2D eigenvalue weighted by atomic mass is 35.5. The molecule has 74 valence electrons. The van der Waals surface area contributed by atoms with Crippen LogP contribution in [0.3, 0.4) is 0 Å². The van der Waals surface area contributed by atoms with E-state index in [9.17, 15) is 0 Å². The SMILES string of the molecule is CC(C)CCCC(CCl)C(C)C. The summed E-state index contributed by atoms with van der Waals surface area (Å²) in [5.74, 6) is 3.14. The lowest BCUT2D eigenvalue weighted by Gasteiger charge is -2.17. The minimum Gasteiger partial charge on any atom is -0.126 e. The molecule has 1 unspecified atom stereocenters. The Kier molecular flexibility index (Phi) is 6.93. The Morgan fingerprint density at radius 3 is 1.92 bits per heavy atom. The van der Waals surface area contributed by atoms with E-state index in [0.29, 0.717) is 0 Å². The number of rotatable bonds is 6. The van der Waals surface area contributed by atoms with Crippen LogP contribution in [-0.2, 0) is 0 Å². The van der Waals surface area contributed by atoms with E-state index in [1.165, 1.54) is 19.3 Å². The van der Waals surface area contributed by atoms with Crippen LogP contribution in [0, 0.1) is 17.8 Å². The number of hydrogen-bond donors (Lipinski definition) is 0. The van der Waals surface area contributed by atoms with Crippen LogP contribution in [0.5, 0.6) is 0 Å². The fourth-order valence-corrected chi connectivity index (χ4v) is 1.89. The Balaban J connectivity index is 3.45. The zero-order chi connectivity index (χ0) is 9.56. The zero-order valence-electron chi connectivity index (χ0n) is 8.94. The molecule has 0 amide bonds. The summed E-state index contributed by atoms with van der Waals surface area (Å²) < 4.78 is 0. The fraction of sp³-hybridized carbons (Fsp3) is 1.00. The standard InChI is InChI=1S/C11H23Cl/c1-9(2)6-5-7-11(8-12)10(3)4/h9-11H,5-8H2,1-4H3. The van der Waals surface area contributed by atoms with Crippen molar-refractivity contribution in [3.8, 4) is 0 Å². The molecule has 0 aliphatic heterocycles. The third-order valence-corrected chi connectivity index (χ3v) is 2.89. The molecule has 0 fully saturated rings. The van der Waals surface area contributed by atoms with E-state index in [1.807, 2.05) is 0 Å². The first-order valence-electron chi connectivity index (χ1n) is 5.13. The summed E-state index contributed by atoms with van der Waals surface area (Å²) in [5.41, 5.74) is 0. The van der Waals surface area contributed by atoms with Crippen molar-refractivity contribution in [3.05, 3.63) is 0 Å². The molecule has 0 aromatic rings. The summed E-state index contributed by atoms with van der Waals surface area (Å²) in [4.78, 5) is 0. The summed E-state index contributed by atoms with van der Waals surface area (Å²) in [5, 5.41) is 0. The highest BCUT2D eigenvalue weighted by Gasteiger charge is 2.11. The molecule has 0 nitrogen and oxygen atoms in total. The van der Waals surface area contributed by atoms with Gasteiger partial charge in [-0.05, 0) is 24.2 Å². The van der Waals surface area contributed by atoms with Crippen LogP contribution in [-0.4, -0.2) is 5.88 Å². The second-order valence-electron chi connectivity index (χ2n) is 4.48. The Morgan fingerprint density at radius 1 is 1.00 bits per heavy atom. The van der Waals surface area contributed by atoms with E-state index in [-0.39, 0.29) is 0 Å². The molecule has 0 aromatic carbocycles. The van der Waals surface area contributed by atoms with Gasteiger partial charge < -0.3 is 0 Å². The van der Waals surface area contributed by atoms with Gasteiger partial charge in [-0.1, -0.05) is 40.5 Å². The van der Waals surface area contributed by atoms with Crippen LogP contribution >= 0.6 is 11.6 Å². The van der Waals surface area contributed by atoms with E-state index in [1.54, 1.807) is 0 Å². The quantitative estimate of drug-likeness (QED) is 0.548. The van der Waals surface area contributed by atoms with Gasteiger partial charge in [-0.2, -0.15) is 0 Å². The van der Waals surface area contributed by atoms with Gasteiger partial charge in [0.1, 0.15) is 0 Å². The molecule has 0 aliphatic rings. The van der Waals surface area contributed by atoms with Crippen molar-refractivity contribution >= 4 is 11.6 Å². The van der Waals surface area contributed by atoms with Crippen molar-refractivity contribution in [2.45, 2.75) is 47.0 Å². The first-order chi connectivity index (χ1) is 5.57. The molecule has 1 atom stereocenters. The van der Waals surface area contributed by atoms with Gasteiger partial charge in [-0.15, -0.1) is 11.6 Å². The van der Waals surface area contributed by atoms with Gasteiger partial charge in [-0.3, -0.25) is 0 Å². The van der Waals surface area contributed by atoms with Gasteiger partial charge in [0.15, 0.2) is 0 Å². The number of halogens is 1. The second kappa shape index (κ2) is 6.77. The first-order valence-corrected chi connectivity index (χ1v) is 5.67.